The number of nitrogens with one attached hydrogen (secondary N) is 1. The Labute approximate surface area is 208 Å². The molecule has 0 aliphatic rings. The summed E-state index contributed by atoms with van der Waals surface area (Å²) in [4.78, 5) is 20.2. The fourth-order valence-corrected chi connectivity index (χ4v) is 4.17. The molecule has 0 radical (unpaired) electrons. The van der Waals surface area contributed by atoms with E-state index < -0.39 is 0 Å². The number of H-pyrrole nitrogens is 1. The molecule has 0 saturated heterocycles. The predicted molar refractivity (Wildman–Crippen MR) is 141 cm³/mol. The first-order valence-corrected chi connectivity index (χ1v) is 11.5. The number of ether oxygens (including phenoxy) is 1. The highest BCUT2D eigenvalue weighted by molar-refractivity contribution is 6.34. The number of nitrogens with zero attached hydrogens (tertiary/aromatic N) is 1. The molecule has 35 heavy (non-hydrogen) atoms. The Bertz CT molecular complexity index is 1550. The maximum Gasteiger partial charge on any atom is 0.295 e. The van der Waals surface area contributed by atoms with Crippen molar-refractivity contribution in [2.24, 2.45) is 0 Å². The average molecular weight is 477 g/mol. The van der Waals surface area contributed by atoms with Crippen molar-refractivity contribution in [2.75, 3.05) is 0 Å². The van der Waals surface area contributed by atoms with Crippen molar-refractivity contribution in [3.8, 4) is 40.6 Å². The topological polar surface area (TPSA) is 55.0 Å². The number of benzene rings is 4. The molecule has 0 amide bonds. The first-order valence-electron chi connectivity index (χ1n) is 11.1. The Kier molecular flexibility index (Phi) is 6.10. The van der Waals surface area contributed by atoms with Crippen molar-refractivity contribution in [3.05, 3.63) is 107 Å². The number of aromatic amines is 1. The van der Waals surface area contributed by atoms with E-state index in [0.717, 1.165) is 33.3 Å². The molecule has 1 N–H and O–H groups in total. The molecule has 1 heterocycles. The van der Waals surface area contributed by atoms with Gasteiger partial charge in [0.25, 0.3) is 6.01 Å². The summed E-state index contributed by atoms with van der Waals surface area (Å²) in [5, 5.41) is 0.606. The number of hydrogen-bond acceptors (Lipinski definition) is 3. The first-order chi connectivity index (χ1) is 17.0. The molecular weight excluding hydrogens is 456 g/mol. The molecule has 1 aromatic heterocycles. The Morgan fingerprint density at radius 3 is 2.17 bits per heavy atom. The van der Waals surface area contributed by atoms with Gasteiger partial charge in [0.05, 0.1) is 16.1 Å². The number of aromatic nitrogens is 2. The van der Waals surface area contributed by atoms with Crippen LogP contribution in [0.2, 0.25) is 5.02 Å². The summed E-state index contributed by atoms with van der Waals surface area (Å²) in [6.07, 6.45) is 5.00. The van der Waals surface area contributed by atoms with Crippen molar-refractivity contribution in [3.63, 3.8) is 0 Å². The predicted octanol–water partition coefficient (Wildman–Crippen LogP) is 7.18. The highest BCUT2D eigenvalue weighted by Crippen LogP contribution is 2.33. The average Bonchev–Trinajstić information content (AvgIpc) is 3.29. The van der Waals surface area contributed by atoms with Crippen molar-refractivity contribution >= 4 is 28.4 Å². The van der Waals surface area contributed by atoms with E-state index in [-0.39, 0.29) is 11.9 Å². The van der Waals surface area contributed by atoms with Gasteiger partial charge < -0.3 is 9.72 Å². The van der Waals surface area contributed by atoms with Gasteiger partial charge in [-0.15, -0.1) is 6.42 Å². The van der Waals surface area contributed by atoms with Crippen molar-refractivity contribution in [1.29, 1.82) is 0 Å². The SMILES string of the molecule is C#CC(C)Oc1nc2cc(-c3ccc(-c4ccc(C(=O)c5ccccc5)cc4)cc3)c(Cl)cc2[nH]1. The first kappa shape index (κ1) is 22.5. The summed E-state index contributed by atoms with van der Waals surface area (Å²) in [6, 6.07) is 29.2. The van der Waals surface area contributed by atoms with E-state index in [1.54, 1.807) is 6.92 Å². The Morgan fingerprint density at radius 1 is 0.914 bits per heavy atom. The molecule has 170 valence electrons. The molecule has 0 saturated carbocycles. The lowest BCUT2D eigenvalue weighted by Crippen LogP contribution is -2.08. The maximum absolute atomic E-state index is 12.7. The number of fused-ring (bicyclic) bond motifs is 1. The molecule has 4 nitrogen and oxygen atoms in total. The molecule has 5 aromatic rings. The summed E-state index contributed by atoms with van der Waals surface area (Å²) in [5.74, 6) is 2.53. The molecule has 1 atom stereocenters. The number of rotatable bonds is 6. The van der Waals surface area contributed by atoms with E-state index in [1.165, 1.54) is 0 Å². The minimum absolute atomic E-state index is 0.0122. The van der Waals surface area contributed by atoms with Gasteiger partial charge >= 0.3 is 0 Å². The molecule has 0 fully saturated rings. The number of carbonyl (C=O) groups excluding carboxylic acids is 1. The Hall–Kier alpha value is -4.33. The summed E-state index contributed by atoms with van der Waals surface area (Å²) >= 11 is 6.58. The molecule has 0 bridgehead atoms. The van der Waals surface area contributed by atoms with E-state index in [1.807, 2.05) is 91.0 Å². The van der Waals surface area contributed by atoms with Gasteiger partial charge in [-0.2, -0.15) is 4.98 Å². The third kappa shape index (κ3) is 4.68. The summed E-state index contributed by atoms with van der Waals surface area (Å²) in [5.41, 5.74) is 6.78. The van der Waals surface area contributed by atoms with Crippen LogP contribution in [-0.4, -0.2) is 21.9 Å². The van der Waals surface area contributed by atoms with Crippen molar-refractivity contribution in [1.82, 2.24) is 9.97 Å². The summed E-state index contributed by atoms with van der Waals surface area (Å²) in [6.45, 7) is 1.78. The number of halogens is 1. The van der Waals surface area contributed by atoms with Crippen LogP contribution in [0.4, 0.5) is 0 Å². The quantitative estimate of drug-likeness (QED) is 0.208. The van der Waals surface area contributed by atoms with E-state index in [9.17, 15) is 4.79 Å². The van der Waals surface area contributed by atoms with Crippen molar-refractivity contribution in [2.45, 2.75) is 13.0 Å². The Balaban J connectivity index is 1.38. The molecule has 1 unspecified atom stereocenters. The van der Waals surface area contributed by atoms with Crippen molar-refractivity contribution < 1.29 is 9.53 Å². The van der Waals surface area contributed by atoms with Crippen LogP contribution in [0, 0.1) is 12.3 Å². The normalized spacial score (nSPS) is 11.7. The third-order valence-electron chi connectivity index (χ3n) is 5.78. The van der Waals surface area contributed by atoms with Gasteiger partial charge in [-0.05, 0) is 35.7 Å². The van der Waals surface area contributed by atoms with Gasteiger partial charge in [0.2, 0.25) is 0 Å². The van der Waals surface area contributed by atoms with Gasteiger partial charge in [0.1, 0.15) is 0 Å². The monoisotopic (exact) mass is 476 g/mol. The second-order valence-electron chi connectivity index (χ2n) is 8.17. The van der Waals surface area contributed by atoms with Crippen LogP contribution in [0.25, 0.3) is 33.3 Å². The number of hydrogen-bond donors (Lipinski definition) is 1. The summed E-state index contributed by atoms with van der Waals surface area (Å²) < 4.78 is 5.58. The van der Waals surface area contributed by atoms with Gasteiger partial charge in [0, 0.05) is 16.7 Å². The second-order valence-corrected chi connectivity index (χ2v) is 8.57. The maximum atomic E-state index is 12.7. The lowest BCUT2D eigenvalue weighted by Gasteiger charge is -2.08. The minimum Gasteiger partial charge on any atom is -0.449 e. The van der Waals surface area contributed by atoms with Crippen LogP contribution in [0.5, 0.6) is 6.01 Å². The molecule has 0 aliphatic carbocycles. The van der Waals surface area contributed by atoms with E-state index >= 15 is 0 Å². The van der Waals surface area contributed by atoms with E-state index in [0.29, 0.717) is 22.2 Å². The van der Waals surface area contributed by atoms with Crippen LogP contribution < -0.4 is 4.74 Å². The van der Waals surface area contributed by atoms with Gasteiger partial charge in [-0.3, -0.25) is 4.79 Å². The highest BCUT2D eigenvalue weighted by atomic mass is 35.5. The molecule has 5 rings (SSSR count). The fourth-order valence-electron chi connectivity index (χ4n) is 3.90. The number of imidazole rings is 1. The van der Waals surface area contributed by atoms with Crippen LogP contribution in [0.15, 0.2) is 91.0 Å². The molecule has 5 heteroatoms. The van der Waals surface area contributed by atoms with Gasteiger partial charge in [-0.1, -0.05) is 96.4 Å². The third-order valence-corrected chi connectivity index (χ3v) is 6.10. The standard InChI is InChI=1S/C30H21ClN2O2/c1-3-19(2)35-30-32-27-17-25(26(31)18-28(27)33-30)22-13-9-20(10-14-22)21-11-15-24(16-12-21)29(34)23-7-5-4-6-8-23/h1,4-19H,2H3,(H,32,33). The van der Waals surface area contributed by atoms with E-state index in [4.69, 9.17) is 22.8 Å². The van der Waals surface area contributed by atoms with Gasteiger partial charge in [0.15, 0.2) is 11.9 Å². The molecule has 4 aromatic carbocycles. The smallest absolute Gasteiger partial charge is 0.295 e. The zero-order valence-electron chi connectivity index (χ0n) is 19.0. The zero-order valence-corrected chi connectivity index (χ0v) is 19.7. The zero-order chi connectivity index (χ0) is 24.4. The molecule has 0 aliphatic heterocycles. The number of terminal acetylenes is 1. The largest absolute Gasteiger partial charge is 0.449 e. The second kappa shape index (κ2) is 9.50. The lowest BCUT2D eigenvalue weighted by molar-refractivity contribution is 0.103. The lowest BCUT2D eigenvalue weighted by atomic mass is 9.97. The number of ketones is 1. The fraction of sp³-hybridized carbons (Fsp3) is 0.0667. The molecular formula is C30H21ClN2O2. The highest BCUT2D eigenvalue weighted by Gasteiger charge is 2.12. The minimum atomic E-state index is -0.386. The van der Waals surface area contributed by atoms with Crippen LogP contribution in [0.3, 0.4) is 0 Å². The number of carbonyl (C=O) groups is 1. The molecule has 0 spiro atoms. The Morgan fingerprint density at radius 2 is 1.51 bits per heavy atom. The van der Waals surface area contributed by atoms with Crippen LogP contribution in [0.1, 0.15) is 22.8 Å². The summed E-state index contributed by atoms with van der Waals surface area (Å²) in [7, 11) is 0. The van der Waals surface area contributed by atoms with E-state index in [2.05, 4.69) is 15.9 Å². The van der Waals surface area contributed by atoms with Gasteiger partial charge in [-0.25, -0.2) is 0 Å². The van der Waals surface area contributed by atoms with Crippen LogP contribution >= 0.6 is 11.6 Å². The van der Waals surface area contributed by atoms with Crippen LogP contribution in [-0.2, 0) is 0 Å².